The molecular formula is C19H26BrFI2O. The van der Waals surface area contributed by atoms with E-state index in [1.54, 1.807) is 0 Å². The average Bonchev–Trinajstić information content (AvgIpc) is 2.56. The molecule has 0 bridgehead atoms. The van der Waals surface area contributed by atoms with Gasteiger partial charge in [-0.2, -0.15) is 0 Å². The van der Waals surface area contributed by atoms with E-state index in [4.69, 9.17) is 0 Å². The Kier molecular flexibility index (Phi) is 9.14. The minimum atomic E-state index is -1.19. The average molecular weight is 623 g/mol. The summed E-state index contributed by atoms with van der Waals surface area (Å²) in [5.74, 6) is 0.126. The fourth-order valence-corrected chi connectivity index (χ4v) is 5.30. The van der Waals surface area contributed by atoms with Crippen LogP contribution in [0.3, 0.4) is 0 Å². The molecule has 0 N–H and O–H groups in total. The lowest BCUT2D eigenvalue weighted by molar-refractivity contribution is 0.0895. The second-order valence-electron chi connectivity index (χ2n) is 6.35. The number of carbonyl (C=O) groups excluding carboxylic acids is 1. The zero-order valence-corrected chi connectivity index (χ0v) is 20.7. The van der Waals surface area contributed by atoms with Gasteiger partial charge in [0.25, 0.3) is 0 Å². The number of Topliss-reactive ketones (excluding diaryl/α,β-unsaturated/α-hetero) is 1. The summed E-state index contributed by atoms with van der Waals surface area (Å²) >= 11 is 7.96. The first-order valence-corrected chi connectivity index (χ1v) is 11.4. The van der Waals surface area contributed by atoms with Crippen LogP contribution in [0.1, 0.15) is 68.8 Å². The SMILES string of the molecule is CCC(CCC(I)(I)C(F)(CC)CC)C(=O)c1ccc(Br)c(C)c1. The van der Waals surface area contributed by atoms with Gasteiger partial charge < -0.3 is 0 Å². The highest BCUT2D eigenvalue weighted by atomic mass is 127. The fourth-order valence-electron chi connectivity index (χ4n) is 2.90. The molecule has 0 radical (unpaired) electrons. The van der Waals surface area contributed by atoms with Crippen LogP contribution < -0.4 is 0 Å². The number of ketones is 1. The highest BCUT2D eigenvalue weighted by Gasteiger charge is 2.46. The Morgan fingerprint density at radius 3 is 2.29 bits per heavy atom. The third-order valence-corrected chi connectivity index (χ3v) is 8.79. The van der Waals surface area contributed by atoms with Crippen LogP contribution >= 0.6 is 61.1 Å². The van der Waals surface area contributed by atoms with Gasteiger partial charge in [-0.1, -0.05) is 87.9 Å². The summed E-state index contributed by atoms with van der Waals surface area (Å²) in [4.78, 5) is 12.8. The summed E-state index contributed by atoms with van der Waals surface area (Å²) in [7, 11) is 0. The van der Waals surface area contributed by atoms with Crippen molar-refractivity contribution in [2.75, 3.05) is 0 Å². The van der Waals surface area contributed by atoms with Crippen LogP contribution in [0.25, 0.3) is 0 Å². The van der Waals surface area contributed by atoms with Gasteiger partial charge in [-0.15, -0.1) is 0 Å². The van der Waals surface area contributed by atoms with Gasteiger partial charge in [0.2, 0.25) is 0 Å². The molecule has 1 aromatic rings. The summed E-state index contributed by atoms with van der Waals surface area (Å²) in [6, 6.07) is 5.74. The fraction of sp³-hybridized carbons (Fsp3) is 0.632. The lowest BCUT2D eigenvalue weighted by Gasteiger charge is -2.37. The van der Waals surface area contributed by atoms with Crippen molar-refractivity contribution in [2.45, 2.75) is 66.9 Å². The maximum absolute atomic E-state index is 15.1. The smallest absolute Gasteiger partial charge is 0.165 e. The van der Waals surface area contributed by atoms with Crippen molar-refractivity contribution in [1.82, 2.24) is 0 Å². The third-order valence-electron chi connectivity index (χ3n) is 4.89. The van der Waals surface area contributed by atoms with Crippen LogP contribution in [0.2, 0.25) is 0 Å². The molecule has 0 aromatic heterocycles. The number of aryl methyl sites for hydroxylation is 1. The van der Waals surface area contributed by atoms with Gasteiger partial charge in [0.15, 0.2) is 5.78 Å². The molecule has 1 nitrogen and oxygen atoms in total. The van der Waals surface area contributed by atoms with E-state index in [9.17, 15) is 4.79 Å². The Labute approximate surface area is 181 Å². The predicted molar refractivity (Wildman–Crippen MR) is 121 cm³/mol. The van der Waals surface area contributed by atoms with Gasteiger partial charge in [-0.3, -0.25) is 4.79 Å². The molecule has 136 valence electrons. The van der Waals surface area contributed by atoms with Gasteiger partial charge in [-0.25, -0.2) is 4.39 Å². The van der Waals surface area contributed by atoms with Crippen LogP contribution in [0.15, 0.2) is 22.7 Å². The minimum absolute atomic E-state index is 0.0487. The molecule has 0 spiro atoms. The first-order chi connectivity index (χ1) is 11.1. The molecule has 0 heterocycles. The summed E-state index contributed by atoms with van der Waals surface area (Å²) in [5, 5.41) is 0. The Hall–Kier alpha value is 0.760. The van der Waals surface area contributed by atoms with Gasteiger partial charge >= 0.3 is 0 Å². The van der Waals surface area contributed by atoms with Gasteiger partial charge in [0.05, 0.1) is 0 Å². The van der Waals surface area contributed by atoms with Crippen molar-refractivity contribution in [3.63, 3.8) is 0 Å². The highest BCUT2D eigenvalue weighted by molar-refractivity contribution is 14.2. The van der Waals surface area contributed by atoms with E-state index in [0.717, 1.165) is 28.4 Å². The normalized spacial score (nSPS) is 13.8. The van der Waals surface area contributed by atoms with E-state index < -0.39 is 7.10 Å². The van der Waals surface area contributed by atoms with Crippen molar-refractivity contribution in [2.24, 2.45) is 5.92 Å². The lowest BCUT2D eigenvalue weighted by atomic mass is 9.86. The van der Waals surface area contributed by atoms with Crippen LogP contribution in [0, 0.1) is 12.8 Å². The van der Waals surface area contributed by atoms with E-state index in [2.05, 4.69) is 61.1 Å². The molecule has 0 aliphatic carbocycles. The molecule has 0 amide bonds. The molecule has 0 aliphatic heterocycles. The van der Waals surface area contributed by atoms with Crippen molar-refractivity contribution < 1.29 is 9.18 Å². The molecule has 1 aromatic carbocycles. The third kappa shape index (κ3) is 5.38. The lowest BCUT2D eigenvalue weighted by Crippen LogP contribution is -2.40. The van der Waals surface area contributed by atoms with Crippen LogP contribution in [0.4, 0.5) is 4.39 Å². The van der Waals surface area contributed by atoms with E-state index in [-0.39, 0.29) is 11.7 Å². The second kappa shape index (κ2) is 9.62. The number of halogens is 4. The van der Waals surface area contributed by atoms with Crippen molar-refractivity contribution in [3.05, 3.63) is 33.8 Å². The standard InChI is InChI=1S/C19H26BrFI2O/c1-5-14(10-11-19(22,23)18(21,6-2)7-3)17(24)15-8-9-16(20)13(4)12-15/h8-9,12,14H,5-7,10-11H2,1-4H3. The highest BCUT2D eigenvalue weighted by Crippen LogP contribution is 2.49. The Morgan fingerprint density at radius 1 is 1.25 bits per heavy atom. The zero-order valence-electron chi connectivity index (χ0n) is 14.8. The topological polar surface area (TPSA) is 17.1 Å². The number of rotatable bonds is 9. The summed E-state index contributed by atoms with van der Waals surface area (Å²) in [6.45, 7) is 7.84. The van der Waals surface area contributed by atoms with Gasteiger partial charge in [0.1, 0.15) is 7.10 Å². The number of hydrogen-bond acceptors (Lipinski definition) is 1. The zero-order chi connectivity index (χ0) is 18.5. The number of hydrogen-bond donors (Lipinski definition) is 0. The first kappa shape index (κ1) is 22.8. The molecule has 0 fully saturated rings. The molecule has 0 saturated heterocycles. The largest absolute Gasteiger partial charge is 0.294 e. The molecule has 24 heavy (non-hydrogen) atoms. The Balaban J connectivity index is 2.87. The molecule has 0 saturated carbocycles. The van der Waals surface area contributed by atoms with Crippen molar-refractivity contribution in [1.29, 1.82) is 0 Å². The van der Waals surface area contributed by atoms with Gasteiger partial charge in [0, 0.05) is 16.0 Å². The van der Waals surface area contributed by atoms with E-state index >= 15 is 4.39 Å². The molecule has 1 unspecified atom stereocenters. The molecule has 0 aliphatic rings. The van der Waals surface area contributed by atoms with E-state index in [1.807, 2.05) is 45.9 Å². The van der Waals surface area contributed by atoms with Crippen LogP contribution in [-0.4, -0.2) is 12.9 Å². The summed E-state index contributed by atoms with van der Waals surface area (Å²) in [5.41, 5.74) is 0.629. The number of alkyl halides is 3. The van der Waals surface area contributed by atoms with Crippen molar-refractivity contribution in [3.8, 4) is 0 Å². The molecule has 5 heteroatoms. The monoisotopic (exact) mass is 622 g/mol. The quantitative estimate of drug-likeness (QED) is 0.156. The van der Waals surface area contributed by atoms with Gasteiger partial charge in [-0.05, 0) is 56.7 Å². The Morgan fingerprint density at radius 2 is 1.83 bits per heavy atom. The maximum atomic E-state index is 15.1. The maximum Gasteiger partial charge on any atom is 0.165 e. The second-order valence-corrected chi connectivity index (χ2v) is 13.0. The molecular weight excluding hydrogens is 597 g/mol. The van der Waals surface area contributed by atoms with Crippen LogP contribution in [-0.2, 0) is 0 Å². The van der Waals surface area contributed by atoms with E-state index in [1.165, 1.54) is 0 Å². The minimum Gasteiger partial charge on any atom is -0.294 e. The number of carbonyl (C=O) groups is 1. The van der Waals surface area contributed by atoms with Crippen molar-refractivity contribution >= 4 is 66.9 Å². The molecule has 1 rings (SSSR count). The van der Waals surface area contributed by atoms with E-state index in [0.29, 0.717) is 19.3 Å². The summed E-state index contributed by atoms with van der Waals surface area (Å²) < 4.78 is 15.6. The Bertz CT molecular complexity index is 570. The first-order valence-electron chi connectivity index (χ1n) is 8.49. The number of benzene rings is 1. The molecule has 1 atom stereocenters. The van der Waals surface area contributed by atoms with Crippen LogP contribution in [0.5, 0.6) is 0 Å². The predicted octanol–water partition coefficient (Wildman–Crippen LogP) is 7.84. The summed E-state index contributed by atoms with van der Waals surface area (Å²) in [6.07, 6.45) is 3.22.